The van der Waals surface area contributed by atoms with Crippen LogP contribution in [0.4, 0.5) is 0 Å². The molecule has 0 saturated carbocycles. The number of hydrogen-bond donors (Lipinski definition) is 0. The molecule has 0 aromatic rings. The Hall–Kier alpha value is -0.0500. The largest absolute Gasteiger partial charge is 0.550 e. The summed E-state index contributed by atoms with van der Waals surface area (Å²) in [5.74, 6) is -1.16. The van der Waals surface area contributed by atoms with Gasteiger partial charge in [0.1, 0.15) is 0 Å². The molecule has 0 N–H and O–H groups in total. The normalized spacial score (nSPS) is 12.9. The van der Waals surface area contributed by atoms with Gasteiger partial charge in [0.05, 0.1) is 0 Å². The Bertz CT molecular complexity index is 115. The lowest BCUT2D eigenvalue weighted by atomic mass is 10.00. The SMILES string of the molecule is CCCCC(CCBr)C(=O)[O-]. The molecule has 0 aromatic carbocycles. The number of rotatable bonds is 6. The number of carboxylic acids is 1. The molecule has 0 amide bonds. The maximum atomic E-state index is 10.5. The predicted molar refractivity (Wildman–Crippen MR) is 46.4 cm³/mol. The van der Waals surface area contributed by atoms with Gasteiger partial charge in [0.2, 0.25) is 0 Å². The van der Waals surface area contributed by atoms with E-state index in [-0.39, 0.29) is 5.92 Å². The zero-order chi connectivity index (χ0) is 8.69. The van der Waals surface area contributed by atoms with E-state index in [1.54, 1.807) is 0 Å². The molecule has 0 radical (unpaired) electrons. The summed E-state index contributed by atoms with van der Waals surface area (Å²) in [4.78, 5) is 10.5. The average molecular weight is 222 g/mol. The first-order chi connectivity index (χ1) is 5.22. The Morgan fingerprint density at radius 2 is 2.18 bits per heavy atom. The van der Waals surface area contributed by atoms with Gasteiger partial charge in [0.15, 0.2) is 0 Å². The zero-order valence-electron chi connectivity index (χ0n) is 6.81. The van der Waals surface area contributed by atoms with E-state index in [2.05, 4.69) is 22.9 Å². The molecule has 1 atom stereocenters. The Morgan fingerprint density at radius 3 is 2.55 bits per heavy atom. The number of alkyl halides is 1. The molecule has 0 rings (SSSR count). The molecule has 0 aliphatic heterocycles. The van der Waals surface area contributed by atoms with Gasteiger partial charge in [-0.1, -0.05) is 35.7 Å². The predicted octanol–water partition coefficient (Wildman–Crippen LogP) is 1.33. The van der Waals surface area contributed by atoms with Gasteiger partial charge in [-0.25, -0.2) is 0 Å². The molecular formula is C8H14BrO2-. The van der Waals surface area contributed by atoms with E-state index in [0.717, 1.165) is 24.6 Å². The van der Waals surface area contributed by atoms with Crippen molar-refractivity contribution in [1.82, 2.24) is 0 Å². The van der Waals surface area contributed by atoms with Crippen molar-refractivity contribution in [3.8, 4) is 0 Å². The number of hydrogen-bond acceptors (Lipinski definition) is 2. The Balaban J connectivity index is 3.60. The van der Waals surface area contributed by atoms with E-state index >= 15 is 0 Å². The number of halogens is 1. The van der Waals surface area contributed by atoms with E-state index in [9.17, 15) is 9.90 Å². The second-order valence-corrected chi connectivity index (χ2v) is 3.43. The van der Waals surface area contributed by atoms with Crippen molar-refractivity contribution in [2.24, 2.45) is 5.92 Å². The minimum absolute atomic E-state index is 0.255. The Kier molecular flexibility index (Phi) is 6.62. The fourth-order valence-electron chi connectivity index (χ4n) is 0.962. The minimum atomic E-state index is -0.905. The van der Waals surface area contributed by atoms with Crippen molar-refractivity contribution < 1.29 is 9.90 Å². The van der Waals surface area contributed by atoms with Crippen LogP contribution in [0.5, 0.6) is 0 Å². The third kappa shape index (κ3) is 5.24. The van der Waals surface area contributed by atoms with Crippen LogP contribution in [0.25, 0.3) is 0 Å². The Morgan fingerprint density at radius 1 is 1.55 bits per heavy atom. The van der Waals surface area contributed by atoms with Crippen LogP contribution < -0.4 is 5.11 Å². The number of unbranched alkanes of at least 4 members (excludes halogenated alkanes) is 1. The molecule has 0 aliphatic rings. The number of aliphatic carboxylic acids is 1. The van der Waals surface area contributed by atoms with Gasteiger partial charge in [-0.05, 0) is 18.8 Å². The molecule has 1 unspecified atom stereocenters. The lowest BCUT2D eigenvalue weighted by Gasteiger charge is -2.15. The standard InChI is InChI=1S/C8H15BrO2/c1-2-3-4-7(5-6-9)8(10)11/h7H,2-6H2,1H3,(H,10,11)/p-1. The van der Waals surface area contributed by atoms with Gasteiger partial charge in [-0.15, -0.1) is 0 Å². The van der Waals surface area contributed by atoms with Crippen molar-refractivity contribution in [2.75, 3.05) is 5.33 Å². The van der Waals surface area contributed by atoms with Crippen LogP contribution in [0.3, 0.4) is 0 Å². The van der Waals surface area contributed by atoms with Gasteiger partial charge in [-0.3, -0.25) is 0 Å². The van der Waals surface area contributed by atoms with Gasteiger partial charge < -0.3 is 9.90 Å². The Labute approximate surface area is 76.1 Å². The molecule has 0 saturated heterocycles. The van der Waals surface area contributed by atoms with E-state index in [0.29, 0.717) is 6.42 Å². The van der Waals surface area contributed by atoms with Crippen molar-refractivity contribution in [3.05, 3.63) is 0 Å². The van der Waals surface area contributed by atoms with Crippen molar-refractivity contribution in [2.45, 2.75) is 32.6 Å². The third-order valence-electron chi connectivity index (χ3n) is 1.70. The monoisotopic (exact) mass is 221 g/mol. The quantitative estimate of drug-likeness (QED) is 0.636. The van der Waals surface area contributed by atoms with E-state index < -0.39 is 5.97 Å². The van der Waals surface area contributed by atoms with Crippen molar-refractivity contribution in [1.29, 1.82) is 0 Å². The third-order valence-corrected chi connectivity index (χ3v) is 2.15. The van der Waals surface area contributed by atoms with Crippen molar-refractivity contribution in [3.63, 3.8) is 0 Å². The first kappa shape index (κ1) is 11.0. The zero-order valence-corrected chi connectivity index (χ0v) is 8.39. The van der Waals surface area contributed by atoms with E-state index in [1.807, 2.05) is 0 Å². The lowest BCUT2D eigenvalue weighted by molar-refractivity contribution is -0.311. The topological polar surface area (TPSA) is 40.1 Å². The van der Waals surface area contributed by atoms with E-state index in [4.69, 9.17) is 0 Å². The van der Waals surface area contributed by atoms with Gasteiger partial charge in [-0.2, -0.15) is 0 Å². The summed E-state index contributed by atoms with van der Waals surface area (Å²) in [7, 11) is 0. The summed E-state index contributed by atoms with van der Waals surface area (Å²) in [6.07, 6.45) is 3.46. The maximum absolute atomic E-state index is 10.5. The van der Waals surface area contributed by atoms with Crippen LogP contribution in [-0.2, 0) is 4.79 Å². The average Bonchev–Trinajstić information content (AvgIpc) is 1.97. The fourth-order valence-corrected chi connectivity index (χ4v) is 1.51. The summed E-state index contributed by atoms with van der Waals surface area (Å²) < 4.78 is 0. The summed E-state index contributed by atoms with van der Waals surface area (Å²) in [6, 6.07) is 0. The highest BCUT2D eigenvalue weighted by atomic mass is 79.9. The fraction of sp³-hybridized carbons (Fsp3) is 0.875. The highest BCUT2D eigenvalue weighted by Gasteiger charge is 2.07. The maximum Gasteiger partial charge on any atom is 0.0445 e. The van der Waals surface area contributed by atoms with Crippen molar-refractivity contribution >= 4 is 21.9 Å². The number of carbonyl (C=O) groups is 1. The first-order valence-electron chi connectivity index (χ1n) is 3.99. The molecule has 0 fully saturated rings. The molecule has 0 aromatic heterocycles. The molecule has 66 valence electrons. The summed E-state index contributed by atoms with van der Waals surface area (Å²) in [5.41, 5.74) is 0. The van der Waals surface area contributed by atoms with Crippen LogP contribution in [0.1, 0.15) is 32.6 Å². The molecule has 0 spiro atoms. The minimum Gasteiger partial charge on any atom is -0.550 e. The number of carboxylic acid groups (broad SMARTS) is 1. The van der Waals surface area contributed by atoms with Crippen LogP contribution in [-0.4, -0.2) is 11.3 Å². The summed E-state index contributed by atoms with van der Waals surface area (Å²) in [6.45, 7) is 2.06. The molecule has 3 heteroatoms. The second-order valence-electron chi connectivity index (χ2n) is 2.64. The molecule has 2 nitrogen and oxygen atoms in total. The van der Waals surface area contributed by atoms with Crippen LogP contribution in [0, 0.1) is 5.92 Å². The summed E-state index contributed by atoms with van der Waals surface area (Å²) in [5, 5.41) is 11.2. The first-order valence-corrected chi connectivity index (χ1v) is 5.11. The number of carbonyl (C=O) groups excluding carboxylic acids is 1. The van der Waals surface area contributed by atoms with Crippen LogP contribution >= 0.6 is 15.9 Å². The van der Waals surface area contributed by atoms with Gasteiger partial charge in [0, 0.05) is 11.3 Å². The molecule has 0 aliphatic carbocycles. The van der Waals surface area contributed by atoms with E-state index in [1.165, 1.54) is 0 Å². The van der Waals surface area contributed by atoms with Gasteiger partial charge >= 0.3 is 0 Å². The smallest absolute Gasteiger partial charge is 0.0445 e. The molecule has 0 heterocycles. The second kappa shape index (κ2) is 6.65. The molecule has 11 heavy (non-hydrogen) atoms. The highest BCUT2D eigenvalue weighted by Crippen LogP contribution is 2.12. The summed E-state index contributed by atoms with van der Waals surface area (Å²) >= 11 is 3.22. The molecular weight excluding hydrogens is 208 g/mol. The van der Waals surface area contributed by atoms with Crippen LogP contribution in [0.15, 0.2) is 0 Å². The highest BCUT2D eigenvalue weighted by molar-refractivity contribution is 9.09. The lowest BCUT2D eigenvalue weighted by Crippen LogP contribution is -2.31. The van der Waals surface area contributed by atoms with Gasteiger partial charge in [0.25, 0.3) is 0 Å². The van der Waals surface area contributed by atoms with Crippen LogP contribution in [0.2, 0.25) is 0 Å². The molecule has 0 bridgehead atoms.